The SMILES string of the molecule is CC/C=C\C/C=C\C/C=C\C/C=C\C/C=C\C/C=C\CCCCCCCCCCCCCCCCCCCCC(=O)OC(COC(=O)CCCCCCCCCCCCCCCCCC)COP(=O)([O-])OCC[N+](C)(C)C. The Morgan fingerprint density at radius 3 is 1.10 bits per heavy atom. The lowest BCUT2D eigenvalue weighted by Crippen LogP contribution is -2.37. The number of ether oxygens (including phenoxy) is 2. The minimum absolute atomic E-state index is 0.0297. The molecule has 0 saturated heterocycles. The van der Waals surface area contributed by atoms with Gasteiger partial charge in [-0.3, -0.25) is 14.2 Å². The van der Waals surface area contributed by atoms with Crippen LogP contribution in [0, 0.1) is 0 Å². The molecule has 9 nitrogen and oxygen atoms in total. The van der Waals surface area contributed by atoms with Crippen LogP contribution in [-0.4, -0.2) is 70.0 Å². The van der Waals surface area contributed by atoms with E-state index in [1.807, 2.05) is 21.1 Å². The number of quaternary nitrogens is 1. The Morgan fingerprint density at radius 2 is 0.740 bits per heavy atom. The van der Waals surface area contributed by atoms with Gasteiger partial charge in [-0.15, -0.1) is 0 Å². The summed E-state index contributed by atoms with van der Waals surface area (Å²) in [6, 6.07) is 0. The van der Waals surface area contributed by atoms with Crippen LogP contribution >= 0.6 is 7.82 Å². The number of phosphoric ester groups is 1. The van der Waals surface area contributed by atoms with Crippen molar-refractivity contribution in [2.45, 2.75) is 296 Å². The number of rotatable bonds is 59. The molecule has 0 fully saturated rings. The standard InChI is InChI=1S/C67H122NO8P/c1-6-8-10-12-14-16-18-20-22-24-25-26-27-28-29-30-31-32-33-34-35-36-37-38-39-40-41-42-43-44-46-48-50-52-54-56-58-60-67(70)76-65(64-75-77(71,72)74-62-61-68(3,4)5)63-73-66(69)59-57-55-53-51-49-47-45-23-21-19-17-15-13-11-9-7-2/h8,10,14,16,20,22,25-26,28-29,31-32,65H,6-7,9,11-13,15,17-19,21,23-24,27,30,33-64H2,1-5H3/b10-8-,16-14-,22-20-,26-25-,29-28-,32-31-. The second-order valence-electron chi connectivity index (χ2n) is 22.8. The fourth-order valence-electron chi connectivity index (χ4n) is 9.07. The highest BCUT2D eigenvalue weighted by Crippen LogP contribution is 2.38. The number of esters is 2. The predicted octanol–water partition coefficient (Wildman–Crippen LogP) is 19.8. The number of likely N-dealkylation sites (N-methyl/N-ethyl adjacent to an activating group) is 1. The molecule has 0 rings (SSSR count). The summed E-state index contributed by atoms with van der Waals surface area (Å²) in [7, 11) is 1.18. The third-order valence-electron chi connectivity index (χ3n) is 14.0. The van der Waals surface area contributed by atoms with Gasteiger partial charge in [0.25, 0.3) is 7.82 Å². The molecule has 0 aromatic carbocycles. The molecule has 0 saturated carbocycles. The summed E-state index contributed by atoms with van der Waals surface area (Å²) in [6.45, 7) is 4.16. The van der Waals surface area contributed by atoms with E-state index in [-0.39, 0.29) is 32.0 Å². The summed E-state index contributed by atoms with van der Waals surface area (Å²) in [5, 5.41) is 0. The van der Waals surface area contributed by atoms with Crippen LogP contribution in [0.4, 0.5) is 0 Å². The highest BCUT2D eigenvalue weighted by molar-refractivity contribution is 7.45. The van der Waals surface area contributed by atoms with E-state index in [4.69, 9.17) is 18.5 Å². The molecule has 10 heteroatoms. The Morgan fingerprint density at radius 1 is 0.416 bits per heavy atom. The van der Waals surface area contributed by atoms with Crippen molar-refractivity contribution in [3.63, 3.8) is 0 Å². The van der Waals surface area contributed by atoms with Crippen LogP contribution in [0.25, 0.3) is 0 Å². The van der Waals surface area contributed by atoms with Gasteiger partial charge in [-0.25, -0.2) is 0 Å². The molecule has 0 N–H and O–H groups in total. The molecule has 2 unspecified atom stereocenters. The number of unbranched alkanes of at least 4 members (excludes halogenated alkanes) is 33. The highest BCUT2D eigenvalue weighted by Gasteiger charge is 2.22. The van der Waals surface area contributed by atoms with Gasteiger partial charge in [0.2, 0.25) is 0 Å². The smallest absolute Gasteiger partial charge is 0.306 e. The lowest BCUT2D eigenvalue weighted by atomic mass is 10.0. The van der Waals surface area contributed by atoms with Gasteiger partial charge in [-0.05, 0) is 64.2 Å². The Hall–Kier alpha value is -2.55. The Balaban J connectivity index is 3.98. The molecule has 0 aliphatic carbocycles. The molecule has 0 bridgehead atoms. The van der Waals surface area contributed by atoms with Crippen LogP contribution in [0.3, 0.4) is 0 Å². The van der Waals surface area contributed by atoms with E-state index in [1.54, 1.807) is 0 Å². The number of hydrogen-bond donors (Lipinski definition) is 0. The van der Waals surface area contributed by atoms with Gasteiger partial charge in [0.1, 0.15) is 19.8 Å². The van der Waals surface area contributed by atoms with Crippen LogP contribution in [-0.2, 0) is 32.7 Å². The number of allylic oxidation sites excluding steroid dienone is 12. The molecule has 448 valence electrons. The van der Waals surface area contributed by atoms with Crippen molar-refractivity contribution in [3.8, 4) is 0 Å². The van der Waals surface area contributed by atoms with Gasteiger partial charge in [0.15, 0.2) is 6.10 Å². The largest absolute Gasteiger partial charge is 0.756 e. The van der Waals surface area contributed by atoms with E-state index in [9.17, 15) is 19.0 Å². The number of hydrogen-bond acceptors (Lipinski definition) is 8. The second kappa shape index (κ2) is 58.1. The van der Waals surface area contributed by atoms with Crippen LogP contribution in [0.5, 0.6) is 0 Å². The van der Waals surface area contributed by atoms with E-state index in [0.29, 0.717) is 17.4 Å². The minimum Gasteiger partial charge on any atom is -0.756 e. The summed E-state index contributed by atoms with van der Waals surface area (Å²) in [5.41, 5.74) is 0. The van der Waals surface area contributed by atoms with E-state index in [0.717, 1.165) is 77.0 Å². The topological polar surface area (TPSA) is 111 Å². The average Bonchev–Trinajstić information content (AvgIpc) is 3.39. The Labute approximate surface area is 476 Å². The first kappa shape index (κ1) is 74.5. The van der Waals surface area contributed by atoms with Crippen molar-refractivity contribution < 1.29 is 42.1 Å². The third-order valence-corrected chi connectivity index (χ3v) is 15.0. The van der Waals surface area contributed by atoms with Gasteiger partial charge in [-0.1, -0.05) is 286 Å². The maximum Gasteiger partial charge on any atom is 0.306 e. The van der Waals surface area contributed by atoms with Crippen molar-refractivity contribution >= 4 is 19.8 Å². The molecule has 0 heterocycles. The molecule has 0 aromatic rings. The van der Waals surface area contributed by atoms with Crippen LogP contribution in [0.2, 0.25) is 0 Å². The first-order valence-electron chi connectivity index (χ1n) is 32.1. The molecule has 0 amide bonds. The van der Waals surface area contributed by atoms with Crippen molar-refractivity contribution in [2.75, 3.05) is 47.5 Å². The molecule has 0 radical (unpaired) electrons. The summed E-state index contributed by atoms with van der Waals surface area (Å²) in [4.78, 5) is 37.9. The molecular formula is C67H122NO8P. The molecule has 0 aliphatic heterocycles. The van der Waals surface area contributed by atoms with E-state index >= 15 is 0 Å². The van der Waals surface area contributed by atoms with Crippen molar-refractivity contribution in [2.24, 2.45) is 0 Å². The first-order chi connectivity index (χ1) is 37.5. The molecule has 0 aliphatic rings. The van der Waals surface area contributed by atoms with Gasteiger partial charge in [0, 0.05) is 12.8 Å². The average molecular weight is 1100 g/mol. The maximum atomic E-state index is 12.8. The fourth-order valence-corrected chi connectivity index (χ4v) is 9.80. The van der Waals surface area contributed by atoms with Crippen LogP contribution in [0.15, 0.2) is 72.9 Å². The summed E-state index contributed by atoms with van der Waals surface area (Å²) < 4.78 is 34.2. The number of phosphoric acid groups is 1. The number of nitrogens with zero attached hydrogens (tertiary/aromatic N) is 1. The predicted molar refractivity (Wildman–Crippen MR) is 328 cm³/mol. The van der Waals surface area contributed by atoms with E-state index < -0.39 is 26.5 Å². The van der Waals surface area contributed by atoms with E-state index in [2.05, 4.69) is 86.8 Å². The van der Waals surface area contributed by atoms with E-state index in [1.165, 1.54) is 180 Å². The number of carbonyl (C=O) groups excluding carboxylic acids is 2. The van der Waals surface area contributed by atoms with Crippen molar-refractivity contribution in [3.05, 3.63) is 72.9 Å². The van der Waals surface area contributed by atoms with Crippen LogP contribution in [0.1, 0.15) is 290 Å². The highest BCUT2D eigenvalue weighted by atomic mass is 31.2. The second-order valence-corrected chi connectivity index (χ2v) is 24.2. The molecule has 0 spiro atoms. The van der Waals surface area contributed by atoms with Crippen LogP contribution < -0.4 is 4.89 Å². The zero-order chi connectivity index (χ0) is 56.3. The lowest BCUT2D eigenvalue weighted by Gasteiger charge is -2.28. The molecule has 77 heavy (non-hydrogen) atoms. The van der Waals surface area contributed by atoms with Gasteiger partial charge in [-0.2, -0.15) is 0 Å². The molecule has 0 aromatic heterocycles. The summed E-state index contributed by atoms with van der Waals surface area (Å²) in [5.74, 6) is -0.820. The first-order valence-corrected chi connectivity index (χ1v) is 33.6. The summed E-state index contributed by atoms with van der Waals surface area (Å²) in [6.07, 6.45) is 76.8. The zero-order valence-electron chi connectivity index (χ0n) is 50.9. The molecular weight excluding hydrogens is 978 g/mol. The maximum absolute atomic E-state index is 12.8. The van der Waals surface area contributed by atoms with Gasteiger partial charge < -0.3 is 27.9 Å². The lowest BCUT2D eigenvalue weighted by molar-refractivity contribution is -0.870. The quantitative estimate of drug-likeness (QED) is 0.0195. The molecule has 2 atom stereocenters. The Kier molecular flexibility index (Phi) is 56.2. The minimum atomic E-state index is -4.63. The normalized spacial score (nSPS) is 13.7. The van der Waals surface area contributed by atoms with Crippen molar-refractivity contribution in [1.82, 2.24) is 0 Å². The zero-order valence-corrected chi connectivity index (χ0v) is 51.8. The Bertz CT molecular complexity index is 1530. The monoisotopic (exact) mass is 1100 g/mol. The number of carbonyl (C=O) groups is 2. The fraction of sp³-hybridized carbons (Fsp3) is 0.791. The van der Waals surface area contributed by atoms with Crippen molar-refractivity contribution in [1.29, 1.82) is 0 Å². The summed E-state index contributed by atoms with van der Waals surface area (Å²) >= 11 is 0. The van der Waals surface area contributed by atoms with Gasteiger partial charge in [0.05, 0.1) is 27.7 Å². The van der Waals surface area contributed by atoms with Gasteiger partial charge >= 0.3 is 11.9 Å². The third kappa shape index (κ3) is 62.5.